The number of ether oxygens (including phenoxy) is 2. The zero-order chi connectivity index (χ0) is 19.2. The second-order valence-corrected chi connectivity index (χ2v) is 8.22. The van der Waals surface area contributed by atoms with Crippen LogP contribution in [0, 0.1) is 0 Å². The van der Waals surface area contributed by atoms with Crippen LogP contribution in [-0.2, 0) is 15.6 Å². The minimum absolute atomic E-state index is 0.00196. The lowest BCUT2D eigenvalue weighted by Crippen LogP contribution is -2.26. The van der Waals surface area contributed by atoms with Crippen LogP contribution in [0.4, 0.5) is 0 Å². The van der Waals surface area contributed by atoms with Gasteiger partial charge in [0.05, 0.1) is 23.6 Å². The number of nitrogens with one attached hydrogen (secondary N) is 1. The Morgan fingerprint density at radius 3 is 2.59 bits per heavy atom. The zero-order valence-corrected chi connectivity index (χ0v) is 16.1. The van der Waals surface area contributed by atoms with Gasteiger partial charge in [-0.1, -0.05) is 32.9 Å². The third kappa shape index (κ3) is 3.18. The molecule has 0 aliphatic heterocycles. The molecule has 1 aromatic carbocycles. The molecule has 5 nitrogen and oxygen atoms in total. The number of nitrogens with zero attached hydrogens (tertiary/aromatic N) is 1. The second-order valence-electron chi connectivity index (χ2n) is 8.22. The molecule has 140 valence electrons. The highest BCUT2D eigenvalue weighted by atomic mass is 16.5. The van der Waals surface area contributed by atoms with Crippen LogP contribution in [-0.4, -0.2) is 23.0 Å². The number of methoxy groups -OCH3 is 1. The summed E-state index contributed by atoms with van der Waals surface area (Å²) in [5.74, 6) is 0.823. The molecule has 1 aliphatic rings. The summed E-state index contributed by atoms with van der Waals surface area (Å²) in [6.07, 6.45) is 1.55. The molecule has 3 aromatic rings. The standard InChI is InChI=1S/C22H24N2O3/c1-21(2,3)18-13-17-16(23-18)8-9-19(24-17)27-20(25)22(10-11-22)14-6-5-7-15(12-14)26-4/h5-9,12-13,23H,10-11H2,1-4H3. The van der Waals surface area contributed by atoms with Crippen LogP contribution >= 0.6 is 0 Å². The Hall–Kier alpha value is -2.82. The quantitative estimate of drug-likeness (QED) is 0.692. The lowest BCUT2D eigenvalue weighted by molar-refractivity contribution is -0.137. The summed E-state index contributed by atoms with van der Waals surface area (Å²) in [6, 6.07) is 13.3. The summed E-state index contributed by atoms with van der Waals surface area (Å²) in [5, 5.41) is 0. The van der Waals surface area contributed by atoms with Gasteiger partial charge in [0.25, 0.3) is 0 Å². The number of H-pyrrole nitrogens is 1. The first-order chi connectivity index (χ1) is 12.8. The van der Waals surface area contributed by atoms with E-state index in [0.717, 1.165) is 40.9 Å². The van der Waals surface area contributed by atoms with Gasteiger partial charge < -0.3 is 14.5 Å². The number of carbonyl (C=O) groups is 1. The number of fused-ring (bicyclic) bond motifs is 1. The molecule has 1 aliphatic carbocycles. The highest BCUT2D eigenvalue weighted by Crippen LogP contribution is 2.49. The molecule has 0 saturated heterocycles. The number of benzene rings is 1. The molecule has 0 radical (unpaired) electrons. The first-order valence-corrected chi connectivity index (χ1v) is 9.19. The molecule has 0 atom stereocenters. The van der Waals surface area contributed by atoms with Crippen molar-refractivity contribution in [3.05, 3.63) is 53.7 Å². The van der Waals surface area contributed by atoms with Gasteiger partial charge in [-0.25, -0.2) is 4.98 Å². The number of hydrogen-bond donors (Lipinski definition) is 1. The molecular weight excluding hydrogens is 340 g/mol. The van der Waals surface area contributed by atoms with E-state index in [1.807, 2.05) is 36.4 Å². The van der Waals surface area contributed by atoms with Gasteiger partial charge in [-0.15, -0.1) is 0 Å². The van der Waals surface area contributed by atoms with Gasteiger partial charge in [0.1, 0.15) is 5.75 Å². The fourth-order valence-electron chi connectivity index (χ4n) is 3.30. The third-order valence-electron chi connectivity index (χ3n) is 5.22. The van der Waals surface area contributed by atoms with E-state index in [-0.39, 0.29) is 11.4 Å². The predicted octanol–water partition coefficient (Wildman–Crippen LogP) is 4.51. The van der Waals surface area contributed by atoms with E-state index in [1.165, 1.54) is 0 Å². The Balaban J connectivity index is 1.59. The zero-order valence-electron chi connectivity index (χ0n) is 16.1. The van der Waals surface area contributed by atoms with E-state index in [0.29, 0.717) is 5.88 Å². The highest BCUT2D eigenvalue weighted by molar-refractivity contribution is 5.88. The van der Waals surface area contributed by atoms with E-state index >= 15 is 0 Å². The van der Waals surface area contributed by atoms with Crippen LogP contribution in [0.1, 0.15) is 44.9 Å². The lowest BCUT2D eigenvalue weighted by atomic mass is 9.93. The van der Waals surface area contributed by atoms with E-state index < -0.39 is 5.41 Å². The van der Waals surface area contributed by atoms with Crippen molar-refractivity contribution >= 4 is 17.0 Å². The molecule has 0 spiro atoms. The normalized spacial score (nSPS) is 15.6. The number of aromatic amines is 1. The maximum atomic E-state index is 12.9. The maximum Gasteiger partial charge on any atom is 0.323 e. The number of esters is 1. The fourth-order valence-corrected chi connectivity index (χ4v) is 3.30. The van der Waals surface area contributed by atoms with Crippen LogP contribution in [0.5, 0.6) is 11.6 Å². The summed E-state index contributed by atoms with van der Waals surface area (Å²) < 4.78 is 11.0. The van der Waals surface area contributed by atoms with Crippen molar-refractivity contribution in [3.63, 3.8) is 0 Å². The molecule has 4 rings (SSSR count). The van der Waals surface area contributed by atoms with Crippen molar-refractivity contribution in [3.8, 4) is 11.6 Å². The van der Waals surface area contributed by atoms with Crippen molar-refractivity contribution in [1.82, 2.24) is 9.97 Å². The minimum Gasteiger partial charge on any atom is -0.497 e. The maximum absolute atomic E-state index is 12.9. The Morgan fingerprint density at radius 2 is 1.93 bits per heavy atom. The number of pyridine rings is 1. The number of carbonyl (C=O) groups excluding carboxylic acids is 1. The van der Waals surface area contributed by atoms with Crippen LogP contribution < -0.4 is 9.47 Å². The smallest absolute Gasteiger partial charge is 0.323 e. The molecule has 2 heterocycles. The van der Waals surface area contributed by atoms with Crippen molar-refractivity contribution in [1.29, 1.82) is 0 Å². The van der Waals surface area contributed by atoms with E-state index in [9.17, 15) is 4.79 Å². The largest absolute Gasteiger partial charge is 0.497 e. The first-order valence-electron chi connectivity index (χ1n) is 9.19. The second kappa shape index (κ2) is 6.12. The van der Waals surface area contributed by atoms with Crippen LogP contribution in [0.2, 0.25) is 0 Å². The first kappa shape index (κ1) is 17.6. The van der Waals surface area contributed by atoms with Crippen molar-refractivity contribution in [2.45, 2.75) is 44.4 Å². The molecule has 1 fully saturated rings. The third-order valence-corrected chi connectivity index (χ3v) is 5.22. The van der Waals surface area contributed by atoms with Crippen LogP contribution in [0.15, 0.2) is 42.5 Å². The molecule has 0 unspecified atom stereocenters. The average molecular weight is 364 g/mol. The Morgan fingerprint density at radius 1 is 1.15 bits per heavy atom. The molecular formula is C22H24N2O3. The van der Waals surface area contributed by atoms with Crippen LogP contribution in [0.25, 0.3) is 11.0 Å². The monoisotopic (exact) mass is 364 g/mol. The van der Waals surface area contributed by atoms with Gasteiger partial charge in [-0.05, 0) is 42.7 Å². The summed E-state index contributed by atoms with van der Waals surface area (Å²) in [7, 11) is 1.62. The summed E-state index contributed by atoms with van der Waals surface area (Å²) in [4.78, 5) is 20.8. The molecule has 27 heavy (non-hydrogen) atoms. The fraction of sp³-hybridized carbons (Fsp3) is 0.364. The van der Waals surface area contributed by atoms with Crippen LogP contribution in [0.3, 0.4) is 0 Å². The molecule has 2 aromatic heterocycles. The topological polar surface area (TPSA) is 64.2 Å². The van der Waals surface area contributed by atoms with Gasteiger partial charge in [-0.3, -0.25) is 4.79 Å². The number of rotatable bonds is 4. The summed E-state index contributed by atoms with van der Waals surface area (Å²) >= 11 is 0. The van der Waals surface area contributed by atoms with Gasteiger partial charge in [0.2, 0.25) is 5.88 Å². The SMILES string of the molecule is COc1cccc(C2(C(=O)Oc3ccc4[nH]c(C(C)(C)C)cc4n3)CC2)c1. The molecule has 1 N–H and O–H groups in total. The molecule has 1 saturated carbocycles. The number of aromatic nitrogens is 2. The van der Waals surface area contributed by atoms with E-state index in [4.69, 9.17) is 9.47 Å². The van der Waals surface area contributed by atoms with Gasteiger partial charge >= 0.3 is 5.97 Å². The number of hydrogen-bond acceptors (Lipinski definition) is 4. The van der Waals surface area contributed by atoms with Crippen molar-refractivity contribution in [2.24, 2.45) is 0 Å². The highest BCUT2D eigenvalue weighted by Gasteiger charge is 2.53. The van der Waals surface area contributed by atoms with Gasteiger partial charge in [-0.2, -0.15) is 0 Å². The predicted molar refractivity (Wildman–Crippen MR) is 104 cm³/mol. The summed E-state index contributed by atoms with van der Waals surface area (Å²) in [5.41, 5.74) is 3.19. The summed E-state index contributed by atoms with van der Waals surface area (Å²) in [6.45, 7) is 6.43. The van der Waals surface area contributed by atoms with Gasteiger partial charge in [0, 0.05) is 17.2 Å². The van der Waals surface area contributed by atoms with E-state index in [1.54, 1.807) is 13.2 Å². The average Bonchev–Trinajstić information content (AvgIpc) is 3.34. The Labute approximate surface area is 158 Å². The lowest BCUT2D eigenvalue weighted by Gasteiger charge is -2.15. The van der Waals surface area contributed by atoms with Gasteiger partial charge in [0.15, 0.2) is 0 Å². The molecule has 0 amide bonds. The Bertz CT molecular complexity index is 1010. The molecule has 5 heteroatoms. The van der Waals surface area contributed by atoms with Crippen molar-refractivity contribution in [2.75, 3.05) is 7.11 Å². The van der Waals surface area contributed by atoms with Crippen molar-refractivity contribution < 1.29 is 14.3 Å². The Kier molecular flexibility index (Phi) is 3.98. The van der Waals surface area contributed by atoms with E-state index in [2.05, 4.69) is 30.7 Å². The molecule has 0 bridgehead atoms. The minimum atomic E-state index is -0.583.